The van der Waals surface area contributed by atoms with Crippen LogP contribution >= 0.6 is 22.7 Å². The van der Waals surface area contributed by atoms with E-state index in [0.717, 1.165) is 36.8 Å². The van der Waals surface area contributed by atoms with Gasteiger partial charge in [-0.3, -0.25) is 0 Å². The molecule has 2 heterocycles. The molecule has 6 rings (SSSR count). The van der Waals surface area contributed by atoms with Crippen molar-refractivity contribution in [2.45, 2.75) is 44.6 Å². The number of hydrogen-bond acceptors (Lipinski definition) is 3. The number of benzene rings is 2. The minimum atomic E-state index is -1.01. The Hall–Kier alpha value is -2.20. The van der Waals surface area contributed by atoms with E-state index in [-0.39, 0.29) is 0 Å². The van der Waals surface area contributed by atoms with Crippen LogP contribution in [0.4, 0.5) is 0 Å². The van der Waals surface area contributed by atoms with Crippen LogP contribution in [0, 0.1) is 0 Å². The topological polar surface area (TPSA) is 20.2 Å². The summed E-state index contributed by atoms with van der Waals surface area (Å²) in [6.07, 6.45) is 10.2. The molecule has 0 fully saturated rings. The lowest BCUT2D eigenvalue weighted by Crippen LogP contribution is -2.25. The largest absolute Gasteiger partial charge is 0.381 e. The van der Waals surface area contributed by atoms with Crippen LogP contribution in [0.5, 0.6) is 0 Å². The zero-order valence-corrected chi connectivity index (χ0v) is 18.7. The van der Waals surface area contributed by atoms with Gasteiger partial charge in [-0.2, -0.15) is 0 Å². The molecule has 2 aliphatic rings. The van der Waals surface area contributed by atoms with Gasteiger partial charge in [-0.1, -0.05) is 30.4 Å². The molecule has 0 aliphatic heterocycles. The molecule has 0 radical (unpaired) electrons. The standard InChI is InChI=1S/C27H24OS2/c1-27(28,23-13-15-30-26(23)25-10-5-14-29-25)24-16-22-18-7-3-2-6-17(18)11-12-20(22)19-8-4-9-21(19)24/h3,5,7,10-16,28H,2,4,6,8-9H2,1H3. The second-order valence-corrected chi connectivity index (χ2v) is 10.5. The van der Waals surface area contributed by atoms with Crippen molar-refractivity contribution >= 4 is 39.5 Å². The Morgan fingerprint density at radius 2 is 1.80 bits per heavy atom. The van der Waals surface area contributed by atoms with Crippen LogP contribution in [0.3, 0.4) is 0 Å². The molecule has 0 bridgehead atoms. The van der Waals surface area contributed by atoms with Crippen molar-refractivity contribution in [2.24, 2.45) is 0 Å². The number of rotatable bonds is 3. The van der Waals surface area contributed by atoms with E-state index in [2.05, 4.69) is 59.3 Å². The van der Waals surface area contributed by atoms with E-state index >= 15 is 0 Å². The first-order valence-electron chi connectivity index (χ1n) is 10.8. The van der Waals surface area contributed by atoms with Gasteiger partial charge in [0.1, 0.15) is 5.60 Å². The van der Waals surface area contributed by atoms with Crippen molar-refractivity contribution in [3.8, 4) is 9.75 Å². The van der Waals surface area contributed by atoms with Crippen LogP contribution < -0.4 is 0 Å². The molecule has 0 amide bonds. The highest BCUT2D eigenvalue weighted by Gasteiger charge is 2.35. The number of allylic oxidation sites excluding steroid dienone is 1. The van der Waals surface area contributed by atoms with Crippen molar-refractivity contribution in [1.29, 1.82) is 0 Å². The first-order chi connectivity index (χ1) is 14.6. The van der Waals surface area contributed by atoms with Crippen molar-refractivity contribution in [3.63, 3.8) is 0 Å². The zero-order valence-electron chi connectivity index (χ0n) is 17.1. The van der Waals surface area contributed by atoms with Crippen molar-refractivity contribution in [3.05, 3.63) is 86.6 Å². The maximum atomic E-state index is 12.0. The minimum Gasteiger partial charge on any atom is -0.381 e. The second-order valence-electron chi connectivity index (χ2n) is 8.62. The average Bonchev–Trinajstić information content (AvgIpc) is 3.53. The van der Waals surface area contributed by atoms with Gasteiger partial charge in [-0.15, -0.1) is 22.7 Å². The van der Waals surface area contributed by atoms with E-state index in [4.69, 9.17) is 0 Å². The highest BCUT2D eigenvalue weighted by Crippen LogP contribution is 2.46. The molecule has 2 aromatic heterocycles. The lowest BCUT2D eigenvalue weighted by atomic mass is 9.80. The van der Waals surface area contributed by atoms with E-state index in [1.165, 1.54) is 49.2 Å². The number of hydrogen-bond donors (Lipinski definition) is 1. The normalized spacial score (nSPS) is 17.1. The van der Waals surface area contributed by atoms with Crippen LogP contribution in [0.25, 0.3) is 26.6 Å². The summed E-state index contributed by atoms with van der Waals surface area (Å²) in [7, 11) is 0. The molecule has 2 aromatic carbocycles. The minimum absolute atomic E-state index is 1.01. The van der Waals surface area contributed by atoms with Gasteiger partial charge < -0.3 is 5.11 Å². The summed E-state index contributed by atoms with van der Waals surface area (Å²) in [6.45, 7) is 2.00. The quantitative estimate of drug-likeness (QED) is 0.362. The second kappa shape index (κ2) is 6.91. The van der Waals surface area contributed by atoms with Gasteiger partial charge in [0.15, 0.2) is 0 Å². The molecule has 0 saturated carbocycles. The summed E-state index contributed by atoms with van der Waals surface area (Å²) in [6, 6.07) is 13.3. The molecular weight excluding hydrogens is 404 g/mol. The summed E-state index contributed by atoms with van der Waals surface area (Å²) in [5.41, 5.74) is 6.74. The number of fused-ring (bicyclic) bond motifs is 5. The first-order valence-corrected chi connectivity index (χ1v) is 12.5. The van der Waals surface area contributed by atoms with Gasteiger partial charge in [-0.25, -0.2) is 0 Å². The first kappa shape index (κ1) is 18.6. The maximum Gasteiger partial charge on any atom is 0.114 e. The molecule has 2 aliphatic carbocycles. The molecule has 4 aromatic rings. The number of aryl methyl sites for hydroxylation is 2. The van der Waals surface area contributed by atoms with Crippen molar-refractivity contribution in [2.75, 3.05) is 0 Å². The third-order valence-corrected chi connectivity index (χ3v) is 8.82. The summed E-state index contributed by atoms with van der Waals surface area (Å²) < 4.78 is 0. The predicted molar refractivity (Wildman–Crippen MR) is 130 cm³/mol. The highest BCUT2D eigenvalue weighted by atomic mass is 32.1. The maximum absolute atomic E-state index is 12.0. The monoisotopic (exact) mass is 428 g/mol. The van der Waals surface area contributed by atoms with Gasteiger partial charge in [0, 0.05) is 10.4 Å². The van der Waals surface area contributed by atoms with Gasteiger partial charge >= 0.3 is 0 Å². The van der Waals surface area contributed by atoms with Crippen LogP contribution in [0.15, 0.2) is 53.2 Å². The number of aliphatic hydroxyl groups is 1. The SMILES string of the molecule is CC(O)(c1ccsc1-c1cccs1)c1cc2c3c(ccc2c2c1CCC2)CCC=C3. The van der Waals surface area contributed by atoms with Crippen LogP contribution in [-0.2, 0) is 24.9 Å². The fourth-order valence-electron chi connectivity index (χ4n) is 5.40. The van der Waals surface area contributed by atoms with Crippen LogP contribution in [0.2, 0.25) is 0 Å². The molecule has 1 atom stereocenters. The lowest BCUT2D eigenvalue weighted by molar-refractivity contribution is 0.102. The molecule has 0 saturated heterocycles. The van der Waals surface area contributed by atoms with Gasteiger partial charge in [0.2, 0.25) is 0 Å². The lowest BCUT2D eigenvalue weighted by Gasteiger charge is -2.29. The molecule has 30 heavy (non-hydrogen) atoms. The molecule has 1 N–H and O–H groups in total. The van der Waals surface area contributed by atoms with Gasteiger partial charge in [0.25, 0.3) is 0 Å². The van der Waals surface area contributed by atoms with Crippen LogP contribution in [0.1, 0.15) is 53.1 Å². The van der Waals surface area contributed by atoms with Crippen molar-refractivity contribution in [1.82, 2.24) is 0 Å². The molecule has 1 unspecified atom stereocenters. The Bertz CT molecular complexity index is 1290. The smallest absolute Gasteiger partial charge is 0.114 e. The fourth-order valence-corrected chi connectivity index (χ4v) is 7.28. The summed E-state index contributed by atoms with van der Waals surface area (Å²) in [5.74, 6) is 0. The van der Waals surface area contributed by atoms with Crippen molar-refractivity contribution < 1.29 is 5.11 Å². The molecular formula is C27H24OS2. The van der Waals surface area contributed by atoms with E-state index < -0.39 is 5.60 Å². The van der Waals surface area contributed by atoms with E-state index in [0.29, 0.717) is 0 Å². The van der Waals surface area contributed by atoms with E-state index in [9.17, 15) is 5.11 Å². The third kappa shape index (κ3) is 2.69. The third-order valence-electron chi connectivity index (χ3n) is 6.86. The van der Waals surface area contributed by atoms with Gasteiger partial charge in [-0.05, 0) is 107 Å². The summed E-state index contributed by atoms with van der Waals surface area (Å²) >= 11 is 3.47. The molecule has 3 heteroatoms. The fraction of sp³-hybridized carbons (Fsp3) is 0.259. The summed E-state index contributed by atoms with van der Waals surface area (Å²) in [4.78, 5) is 2.43. The Morgan fingerprint density at radius 1 is 0.900 bits per heavy atom. The van der Waals surface area contributed by atoms with Gasteiger partial charge in [0.05, 0.1) is 4.88 Å². The predicted octanol–water partition coefficient (Wildman–Crippen LogP) is 7.33. The molecule has 1 nitrogen and oxygen atoms in total. The average molecular weight is 429 g/mol. The van der Waals surface area contributed by atoms with E-state index in [1.807, 2.05) is 6.92 Å². The molecule has 150 valence electrons. The highest BCUT2D eigenvalue weighted by molar-refractivity contribution is 7.20. The number of thiophene rings is 2. The Morgan fingerprint density at radius 3 is 2.67 bits per heavy atom. The van der Waals surface area contributed by atoms with E-state index in [1.54, 1.807) is 22.7 Å². The zero-order chi connectivity index (χ0) is 20.3. The molecule has 0 spiro atoms. The Labute approximate surface area is 185 Å². The van der Waals surface area contributed by atoms with Crippen LogP contribution in [-0.4, -0.2) is 5.11 Å². The summed E-state index contributed by atoms with van der Waals surface area (Å²) in [5, 5.41) is 19.0. The Balaban J connectivity index is 1.62. The Kier molecular flexibility index (Phi) is 4.28.